The first kappa shape index (κ1) is 31.9. The molecule has 0 heterocycles. The minimum absolute atomic E-state index is 0.0217. The van der Waals surface area contributed by atoms with Gasteiger partial charge in [0.1, 0.15) is 0 Å². The van der Waals surface area contributed by atoms with E-state index in [1.165, 1.54) is 51.4 Å². The molecule has 0 aliphatic heterocycles. The van der Waals surface area contributed by atoms with Crippen molar-refractivity contribution in [2.75, 3.05) is 13.2 Å². The molecule has 0 amide bonds. The maximum atomic E-state index is 11.8. The Labute approximate surface area is 206 Å². The highest BCUT2D eigenvalue weighted by molar-refractivity contribution is 5.69. The number of carbonyl (C=O) groups excluding carboxylic acids is 2. The van der Waals surface area contributed by atoms with Crippen LogP contribution in [0, 0.1) is 17.8 Å². The van der Waals surface area contributed by atoms with Gasteiger partial charge in [-0.05, 0) is 56.3 Å². The van der Waals surface area contributed by atoms with Crippen LogP contribution in [0.15, 0.2) is 0 Å². The van der Waals surface area contributed by atoms with Crippen molar-refractivity contribution >= 4 is 11.9 Å². The predicted molar refractivity (Wildman–Crippen MR) is 139 cm³/mol. The van der Waals surface area contributed by atoms with Crippen LogP contribution in [0.2, 0.25) is 0 Å². The Morgan fingerprint density at radius 2 is 0.909 bits per heavy atom. The van der Waals surface area contributed by atoms with Gasteiger partial charge in [-0.25, -0.2) is 0 Å². The molecule has 0 aromatic heterocycles. The lowest BCUT2D eigenvalue weighted by Crippen LogP contribution is -2.08. The minimum Gasteiger partial charge on any atom is -0.466 e. The molecule has 1 atom stereocenters. The van der Waals surface area contributed by atoms with Gasteiger partial charge in [-0.3, -0.25) is 9.59 Å². The van der Waals surface area contributed by atoms with Crippen LogP contribution in [0.5, 0.6) is 0 Å². The van der Waals surface area contributed by atoms with Crippen LogP contribution in [-0.4, -0.2) is 25.2 Å². The second kappa shape index (κ2) is 22.7. The molecule has 0 saturated heterocycles. The van der Waals surface area contributed by atoms with Gasteiger partial charge >= 0.3 is 11.9 Å². The number of esters is 2. The molecule has 0 aliphatic carbocycles. The van der Waals surface area contributed by atoms with E-state index in [0.29, 0.717) is 43.8 Å². The Morgan fingerprint density at radius 1 is 0.485 bits per heavy atom. The summed E-state index contributed by atoms with van der Waals surface area (Å²) < 4.78 is 10.6. The van der Waals surface area contributed by atoms with Crippen LogP contribution < -0.4 is 0 Å². The van der Waals surface area contributed by atoms with E-state index in [2.05, 4.69) is 34.6 Å². The summed E-state index contributed by atoms with van der Waals surface area (Å²) in [5, 5.41) is 0. The average molecular weight is 469 g/mol. The summed E-state index contributed by atoms with van der Waals surface area (Å²) >= 11 is 0. The van der Waals surface area contributed by atoms with Gasteiger partial charge < -0.3 is 9.47 Å². The average Bonchev–Trinajstić information content (AvgIpc) is 2.76. The molecule has 0 bridgehead atoms. The zero-order chi connectivity index (χ0) is 24.7. The van der Waals surface area contributed by atoms with E-state index in [4.69, 9.17) is 9.47 Å². The standard InChI is InChI=1S/C29H56O4/c1-25(2)17-15-23-32-28(30)20-14-12-10-8-6-7-9-11-13-19-27(5)21-22-29(31)33-24-16-18-26(3)4/h25-27H,6-24H2,1-5H3. The maximum absolute atomic E-state index is 11.8. The third-order valence-corrected chi connectivity index (χ3v) is 6.30. The van der Waals surface area contributed by atoms with Crippen LogP contribution in [0.1, 0.15) is 144 Å². The molecule has 33 heavy (non-hydrogen) atoms. The molecule has 0 aromatic rings. The maximum Gasteiger partial charge on any atom is 0.305 e. The Hall–Kier alpha value is -1.06. The number of hydrogen-bond donors (Lipinski definition) is 0. The SMILES string of the molecule is CC(C)CCCOC(=O)CCCCCCCCCCCC(C)CCC(=O)OCCCC(C)C. The summed E-state index contributed by atoms with van der Waals surface area (Å²) in [6, 6.07) is 0. The number of rotatable bonds is 23. The first-order chi connectivity index (χ1) is 15.8. The molecule has 0 aliphatic rings. The molecular formula is C29H56O4. The molecule has 0 aromatic carbocycles. The van der Waals surface area contributed by atoms with Crippen LogP contribution in [0.25, 0.3) is 0 Å². The number of hydrogen-bond acceptors (Lipinski definition) is 4. The predicted octanol–water partition coefficient (Wildman–Crippen LogP) is 8.65. The van der Waals surface area contributed by atoms with Crippen molar-refractivity contribution in [3.63, 3.8) is 0 Å². The number of carbonyl (C=O) groups is 2. The lowest BCUT2D eigenvalue weighted by atomic mass is 9.97. The second-order valence-electron chi connectivity index (χ2n) is 10.9. The fourth-order valence-electron chi connectivity index (χ4n) is 4.01. The highest BCUT2D eigenvalue weighted by atomic mass is 16.5. The lowest BCUT2D eigenvalue weighted by Gasteiger charge is -2.11. The Bertz CT molecular complexity index is 459. The molecule has 4 nitrogen and oxygen atoms in total. The van der Waals surface area contributed by atoms with E-state index in [9.17, 15) is 9.59 Å². The zero-order valence-corrected chi connectivity index (χ0v) is 22.8. The summed E-state index contributed by atoms with van der Waals surface area (Å²) in [4.78, 5) is 23.5. The van der Waals surface area contributed by atoms with Gasteiger partial charge in [0.15, 0.2) is 0 Å². The van der Waals surface area contributed by atoms with E-state index < -0.39 is 0 Å². The number of unbranched alkanes of at least 4 members (excludes halogenated alkanes) is 8. The van der Waals surface area contributed by atoms with Crippen LogP contribution in [-0.2, 0) is 19.1 Å². The van der Waals surface area contributed by atoms with Crippen LogP contribution in [0.4, 0.5) is 0 Å². The van der Waals surface area contributed by atoms with Gasteiger partial charge in [0, 0.05) is 12.8 Å². The van der Waals surface area contributed by atoms with E-state index >= 15 is 0 Å². The first-order valence-corrected chi connectivity index (χ1v) is 14.1. The third kappa shape index (κ3) is 25.4. The molecule has 196 valence electrons. The molecule has 4 heteroatoms. The van der Waals surface area contributed by atoms with Crippen molar-refractivity contribution < 1.29 is 19.1 Å². The summed E-state index contributed by atoms with van der Waals surface area (Å²) in [7, 11) is 0. The monoisotopic (exact) mass is 468 g/mol. The van der Waals surface area contributed by atoms with Gasteiger partial charge in [-0.1, -0.05) is 92.4 Å². The topological polar surface area (TPSA) is 52.6 Å². The molecule has 0 radical (unpaired) electrons. The van der Waals surface area contributed by atoms with Gasteiger partial charge in [0.25, 0.3) is 0 Å². The molecular weight excluding hydrogens is 412 g/mol. The van der Waals surface area contributed by atoms with Crippen molar-refractivity contribution in [3.8, 4) is 0 Å². The van der Waals surface area contributed by atoms with Crippen LogP contribution >= 0.6 is 0 Å². The molecule has 0 N–H and O–H groups in total. The van der Waals surface area contributed by atoms with Gasteiger partial charge in [-0.15, -0.1) is 0 Å². The zero-order valence-electron chi connectivity index (χ0n) is 22.8. The van der Waals surface area contributed by atoms with Crippen molar-refractivity contribution in [3.05, 3.63) is 0 Å². The highest BCUT2D eigenvalue weighted by Gasteiger charge is 2.08. The summed E-state index contributed by atoms with van der Waals surface area (Å²) in [6.07, 6.45) is 18.6. The minimum atomic E-state index is -0.0239. The molecule has 0 spiro atoms. The number of ether oxygens (including phenoxy) is 2. The smallest absolute Gasteiger partial charge is 0.305 e. The molecule has 1 unspecified atom stereocenters. The lowest BCUT2D eigenvalue weighted by molar-refractivity contribution is -0.145. The highest BCUT2D eigenvalue weighted by Crippen LogP contribution is 2.17. The summed E-state index contributed by atoms with van der Waals surface area (Å²) in [5.74, 6) is 1.92. The molecule has 0 fully saturated rings. The summed E-state index contributed by atoms with van der Waals surface area (Å²) in [5.41, 5.74) is 0. The Balaban J connectivity index is 3.35. The van der Waals surface area contributed by atoms with Crippen molar-refractivity contribution in [2.24, 2.45) is 17.8 Å². The molecule has 0 saturated carbocycles. The largest absolute Gasteiger partial charge is 0.466 e. The Kier molecular flexibility index (Phi) is 22.0. The first-order valence-electron chi connectivity index (χ1n) is 14.1. The van der Waals surface area contributed by atoms with Gasteiger partial charge in [0.05, 0.1) is 13.2 Å². The van der Waals surface area contributed by atoms with Gasteiger partial charge in [-0.2, -0.15) is 0 Å². The normalized spacial score (nSPS) is 12.3. The Morgan fingerprint density at radius 3 is 1.39 bits per heavy atom. The van der Waals surface area contributed by atoms with Gasteiger partial charge in [0.2, 0.25) is 0 Å². The third-order valence-electron chi connectivity index (χ3n) is 6.30. The van der Waals surface area contributed by atoms with E-state index in [-0.39, 0.29) is 11.9 Å². The fourth-order valence-corrected chi connectivity index (χ4v) is 4.01. The van der Waals surface area contributed by atoms with Crippen molar-refractivity contribution in [1.82, 2.24) is 0 Å². The quantitative estimate of drug-likeness (QED) is 0.111. The van der Waals surface area contributed by atoms with E-state index in [1.54, 1.807) is 0 Å². The summed E-state index contributed by atoms with van der Waals surface area (Å²) in [6.45, 7) is 12.2. The van der Waals surface area contributed by atoms with Crippen LogP contribution in [0.3, 0.4) is 0 Å². The van der Waals surface area contributed by atoms with Crippen molar-refractivity contribution in [2.45, 2.75) is 144 Å². The van der Waals surface area contributed by atoms with Crippen molar-refractivity contribution in [1.29, 1.82) is 0 Å². The van der Waals surface area contributed by atoms with E-state index in [0.717, 1.165) is 44.9 Å². The molecule has 0 rings (SSSR count). The fraction of sp³-hybridized carbons (Fsp3) is 0.931. The second-order valence-corrected chi connectivity index (χ2v) is 10.9. The van der Waals surface area contributed by atoms with E-state index in [1.807, 2.05) is 0 Å².